The Bertz CT molecular complexity index is 565. The molecule has 0 saturated carbocycles. The number of nitrogens with one attached hydrogen (secondary N) is 1. The van der Waals surface area contributed by atoms with Gasteiger partial charge in [0.25, 0.3) is 0 Å². The zero-order valence-corrected chi connectivity index (χ0v) is 14.5. The van der Waals surface area contributed by atoms with E-state index in [4.69, 9.17) is 4.74 Å². The zero-order valence-electron chi connectivity index (χ0n) is 12.1. The van der Waals surface area contributed by atoms with Gasteiger partial charge in [-0.3, -0.25) is 4.68 Å². The number of nitrogens with zero attached hydrogens (tertiary/aromatic N) is 2. The molecule has 0 spiro atoms. The van der Waals surface area contributed by atoms with Crippen LogP contribution < -0.4 is 5.32 Å². The third-order valence-corrected chi connectivity index (χ3v) is 5.21. The highest BCUT2D eigenvalue weighted by Gasteiger charge is 2.12. The van der Waals surface area contributed by atoms with Crippen LogP contribution in [0.4, 0.5) is 0 Å². The second kappa shape index (κ2) is 7.36. The predicted molar refractivity (Wildman–Crippen MR) is 86.4 cm³/mol. The van der Waals surface area contributed by atoms with E-state index < -0.39 is 0 Å². The molecule has 0 fully saturated rings. The van der Waals surface area contributed by atoms with Crippen molar-refractivity contribution in [2.45, 2.75) is 26.9 Å². The van der Waals surface area contributed by atoms with Crippen LogP contribution in [0, 0.1) is 13.8 Å². The van der Waals surface area contributed by atoms with Crippen molar-refractivity contribution < 1.29 is 4.74 Å². The van der Waals surface area contributed by atoms with Gasteiger partial charge < -0.3 is 10.1 Å². The molecule has 110 valence electrons. The number of hydrogen-bond acceptors (Lipinski definition) is 4. The second-order valence-corrected chi connectivity index (χ2v) is 6.52. The van der Waals surface area contributed by atoms with Crippen molar-refractivity contribution in [1.29, 1.82) is 0 Å². The quantitative estimate of drug-likeness (QED) is 0.773. The second-order valence-electron chi connectivity index (χ2n) is 4.67. The summed E-state index contributed by atoms with van der Waals surface area (Å²) in [6, 6.07) is 2.08. The fourth-order valence-electron chi connectivity index (χ4n) is 2.11. The molecule has 2 aromatic rings. The fourth-order valence-corrected chi connectivity index (χ4v) is 3.56. The van der Waals surface area contributed by atoms with E-state index in [1.54, 1.807) is 18.4 Å². The van der Waals surface area contributed by atoms with Gasteiger partial charge in [-0.15, -0.1) is 11.3 Å². The van der Waals surface area contributed by atoms with Crippen molar-refractivity contribution in [3.05, 3.63) is 37.7 Å². The monoisotopic (exact) mass is 357 g/mol. The lowest BCUT2D eigenvalue weighted by atomic mass is 10.2. The molecule has 1 N–H and O–H groups in total. The number of methoxy groups -OCH3 is 1. The molecule has 0 aliphatic heterocycles. The van der Waals surface area contributed by atoms with Crippen molar-refractivity contribution in [2.75, 3.05) is 20.3 Å². The van der Waals surface area contributed by atoms with Crippen LogP contribution >= 0.6 is 27.3 Å². The Balaban J connectivity index is 2.06. The van der Waals surface area contributed by atoms with Gasteiger partial charge in [0.2, 0.25) is 0 Å². The third kappa shape index (κ3) is 3.69. The number of aromatic nitrogens is 2. The molecular formula is C14H20BrN3OS. The van der Waals surface area contributed by atoms with Crippen LogP contribution in [-0.2, 0) is 17.8 Å². The summed E-state index contributed by atoms with van der Waals surface area (Å²) in [4.78, 5) is 1.30. The number of halogens is 1. The van der Waals surface area contributed by atoms with E-state index in [1.165, 1.54) is 16.1 Å². The van der Waals surface area contributed by atoms with Gasteiger partial charge in [0.1, 0.15) is 0 Å². The molecule has 0 bridgehead atoms. The highest BCUT2D eigenvalue weighted by atomic mass is 79.9. The Hall–Kier alpha value is -0.690. The van der Waals surface area contributed by atoms with Crippen LogP contribution in [0.2, 0.25) is 0 Å². The molecule has 20 heavy (non-hydrogen) atoms. The number of ether oxygens (including phenoxy) is 1. The molecular weight excluding hydrogens is 338 g/mol. The summed E-state index contributed by atoms with van der Waals surface area (Å²) in [5.74, 6) is 0. The first-order chi connectivity index (χ1) is 9.63. The lowest BCUT2D eigenvalue weighted by Crippen LogP contribution is -2.19. The summed E-state index contributed by atoms with van der Waals surface area (Å²) in [5.41, 5.74) is 3.61. The number of hydrogen-bond donors (Lipinski definition) is 1. The summed E-state index contributed by atoms with van der Waals surface area (Å²) in [7, 11) is 1.72. The van der Waals surface area contributed by atoms with Crippen LogP contribution in [0.3, 0.4) is 0 Å². The maximum Gasteiger partial charge on any atom is 0.0766 e. The highest BCUT2D eigenvalue weighted by Crippen LogP contribution is 2.24. The zero-order chi connectivity index (χ0) is 14.5. The van der Waals surface area contributed by atoms with Crippen molar-refractivity contribution in [1.82, 2.24) is 15.1 Å². The van der Waals surface area contributed by atoms with Gasteiger partial charge in [-0.2, -0.15) is 5.10 Å². The summed E-state index contributed by atoms with van der Waals surface area (Å²) in [6.45, 7) is 7.45. The molecule has 0 radical (unpaired) electrons. The first kappa shape index (κ1) is 15.7. The third-order valence-electron chi connectivity index (χ3n) is 3.30. The first-order valence-corrected chi connectivity index (χ1v) is 8.25. The average molecular weight is 358 g/mol. The Morgan fingerprint density at radius 1 is 1.45 bits per heavy atom. The number of thiophene rings is 1. The molecule has 0 atom stereocenters. The summed E-state index contributed by atoms with van der Waals surface area (Å²) in [5, 5.41) is 10.1. The molecule has 4 nitrogen and oxygen atoms in total. The number of rotatable bonds is 7. The van der Waals surface area contributed by atoms with Gasteiger partial charge >= 0.3 is 0 Å². The lowest BCUT2D eigenvalue weighted by Gasteiger charge is -2.06. The van der Waals surface area contributed by atoms with Crippen LogP contribution in [0.5, 0.6) is 0 Å². The van der Waals surface area contributed by atoms with Crippen molar-refractivity contribution in [3.8, 4) is 0 Å². The van der Waals surface area contributed by atoms with E-state index in [1.807, 2.05) is 0 Å². The van der Waals surface area contributed by atoms with E-state index in [9.17, 15) is 0 Å². The molecule has 2 heterocycles. The summed E-state index contributed by atoms with van der Waals surface area (Å²) in [6.07, 6.45) is 0. The maximum atomic E-state index is 5.04. The minimum Gasteiger partial charge on any atom is -0.383 e. The Labute approximate surface area is 132 Å². The molecule has 0 amide bonds. The lowest BCUT2D eigenvalue weighted by molar-refractivity contribution is 0.199. The Morgan fingerprint density at radius 2 is 2.25 bits per heavy atom. The van der Waals surface area contributed by atoms with Gasteiger partial charge in [-0.05, 0) is 41.2 Å². The minimum absolute atomic E-state index is 0.731. The van der Waals surface area contributed by atoms with Gasteiger partial charge in [-0.25, -0.2) is 0 Å². The smallest absolute Gasteiger partial charge is 0.0766 e. The van der Waals surface area contributed by atoms with Crippen molar-refractivity contribution >= 4 is 27.3 Å². The van der Waals surface area contributed by atoms with Crippen molar-refractivity contribution in [2.24, 2.45) is 0 Å². The fraction of sp³-hybridized carbons (Fsp3) is 0.500. The molecule has 0 aromatic carbocycles. The van der Waals surface area contributed by atoms with E-state index in [-0.39, 0.29) is 0 Å². The first-order valence-electron chi connectivity index (χ1n) is 6.58. The molecule has 0 aliphatic carbocycles. The van der Waals surface area contributed by atoms with Gasteiger partial charge in [0, 0.05) is 40.8 Å². The number of aryl methyl sites for hydroxylation is 1. The van der Waals surface area contributed by atoms with E-state index in [2.05, 4.69) is 56.3 Å². The Kier molecular flexibility index (Phi) is 5.77. The molecule has 2 aromatic heterocycles. The predicted octanol–water partition coefficient (Wildman–Crippen LogP) is 3.11. The van der Waals surface area contributed by atoms with Crippen molar-refractivity contribution in [3.63, 3.8) is 0 Å². The minimum atomic E-state index is 0.731. The maximum absolute atomic E-state index is 5.04. The van der Waals surface area contributed by atoms with Gasteiger partial charge in [0.15, 0.2) is 0 Å². The Morgan fingerprint density at radius 3 is 2.90 bits per heavy atom. The summed E-state index contributed by atoms with van der Waals surface area (Å²) >= 11 is 5.33. The standard InChI is InChI=1S/C14H20BrN3OS/c1-10-12(8-16-5-6-19-3)11(2)18(17-10)9-14-13(15)4-7-20-14/h4,7,16H,5-6,8-9H2,1-3H3. The highest BCUT2D eigenvalue weighted by molar-refractivity contribution is 9.10. The summed E-state index contributed by atoms with van der Waals surface area (Å²) < 4.78 is 8.29. The largest absolute Gasteiger partial charge is 0.383 e. The molecule has 6 heteroatoms. The molecule has 2 rings (SSSR count). The molecule has 0 unspecified atom stereocenters. The molecule has 0 saturated heterocycles. The van der Waals surface area contributed by atoms with Crippen LogP contribution in [0.25, 0.3) is 0 Å². The average Bonchev–Trinajstić information content (AvgIpc) is 2.93. The normalized spacial score (nSPS) is 11.2. The van der Waals surface area contributed by atoms with E-state index in [0.29, 0.717) is 0 Å². The van der Waals surface area contributed by atoms with Crippen LogP contribution in [-0.4, -0.2) is 30.0 Å². The topological polar surface area (TPSA) is 39.1 Å². The van der Waals surface area contributed by atoms with E-state index >= 15 is 0 Å². The van der Waals surface area contributed by atoms with Gasteiger partial charge in [0.05, 0.1) is 18.8 Å². The molecule has 0 aliphatic rings. The van der Waals surface area contributed by atoms with E-state index in [0.717, 1.165) is 36.4 Å². The van der Waals surface area contributed by atoms with Crippen LogP contribution in [0.1, 0.15) is 21.8 Å². The SMILES string of the molecule is COCCNCc1c(C)nn(Cc2sccc2Br)c1C. The van der Waals surface area contributed by atoms with Crippen LogP contribution in [0.15, 0.2) is 15.9 Å². The van der Waals surface area contributed by atoms with Gasteiger partial charge in [-0.1, -0.05) is 0 Å².